The quantitative estimate of drug-likeness (QED) is 0.921. The Labute approximate surface area is 124 Å². The summed E-state index contributed by atoms with van der Waals surface area (Å²) < 4.78 is 0. The molecule has 0 bridgehead atoms. The van der Waals surface area contributed by atoms with Gasteiger partial charge in [-0.2, -0.15) is 0 Å². The van der Waals surface area contributed by atoms with Gasteiger partial charge in [-0.25, -0.2) is 0 Å². The van der Waals surface area contributed by atoms with E-state index in [1.54, 1.807) is 11.3 Å². The largest absolute Gasteiger partial charge is 0.480 e. The first-order valence-corrected chi connectivity index (χ1v) is 8.49. The molecular weight excluding hydrogens is 270 g/mol. The molecule has 110 valence electrons. The zero-order chi connectivity index (χ0) is 14.3. The molecule has 0 spiro atoms. The van der Waals surface area contributed by atoms with Crippen molar-refractivity contribution < 1.29 is 9.90 Å². The lowest BCUT2D eigenvalue weighted by Gasteiger charge is -2.34. The molecule has 1 saturated heterocycles. The topological polar surface area (TPSA) is 40.5 Å². The molecule has 4 unspecified atom stereocenters. The zero-order valence-electron chi connectivity index (χ0n) is 12.2. The van der Waals surface area contributed by atoms with E-state index >= 15 is 0 Å². The van der Waals surface area contributed by atoms with Crippen LogP contribution < -0.4 is 0 Å². The fraction of sp³-hybridized carbons (Fsp3) is 0.688. The molecular formula is C16H23NO2S. The van der Waals surface area contributed by atoms with Crippen molar-refractivity contribution in [3.63, 3.8) is 0 Å². The van der Waals surface area contributed by atoms with E-state index in [1.807, 2.05) is 0 Å². The highest BCUT2D eigenvalue weighted by Crippen LogP contribution is 2.47. The number of carboxylic acid groups (broad SMARTS) is 1. The molecule has 4 atom stereocenters. The van der Waals surface area contributed by atoms with Crippen LogP contribution in [-0.4, -0.2) is 28.6 Å². The highest BCUT2D eigenvalue weighted by Gasteiger charge is 2.50. The molecule has 3 nitrogen and oxygen atoms in total. The number of fused-ring (bicyclic) bond motifs is 1. The van der Waals surface area contributed by atoms with E-state index in [-0.39, 0.29) is 12.1 Å². The number of thiophene rings is 1. The molecule has 4 heteroatoms. The van der Waals surface area contributed by atoms with Crippen molar-refractivity contribution in [1.82, 2.24) is 4.90 Å². The summed E-state index contributed by atoms with van der Waals surface area (Å²) in [6.07, 6.45) is 3.51. The standard InChI is InChI=1S/C16H23NO2S/c1-10(2)14(13-7-4-8-20-13)17-9-11-5-3-6-12(11)15(17)16(18)19/h4,7-8,10-12,14-15H,3,5-6,9H2,1-2H3,(H,18,19). The summed E-state index contributed by atoms with van der Waals surface area (Å²) in [5, 5.41) is 11.8. The lowest BCUT2D eigenvalue weighted by Crippen LogP contribution is -2.43. The Hall–Kier alpha value is -0.870. The van der Waals surface area contributed by atoms with Crippen molar-refractivity contribution in [2.75, 3.05) is 6.54 Å². The van der Waals surface area contributed by atoms with Gasteiger partial charge in [-0.05, 0) is 42.0 Å². The van der Waals surface area contributed by atoms with Gasteiger partial charge in [0.2, 0.25) is 0 Å². The maximum Gasteiger partial charge on any atom is 0.321 e. The van der Waals surface area contributed by atoms with Gasteiger partial charge in [0.15, 0.2) is 0 Å². The minimum atomic E-state index is -0.624. The number of nitrogens with zero attached hydrogens (tertiary/aromatic N) is 1. The predicted octanol–water partition coefficient (Wildman–Crippen LogP) is 3.63. The molecule has 1 N–H and O–H groups in total. The minimum absolute atomic E-state index is 0.252. The molecule has 2 aliphatic rings. The van der Waals surface area contributed by atoms with E-state index in [4.69, 9.17) is 0 Å². The van der Waals surface area contributed by atoms with Crippen LogP contribution >= 0.6 is 11.3 Å². The Bertz CT molecular complexity index is 471. The van der Waals surface area contributed by atoms with Gasteiger partial charge in [0.25, 0.3) is 0 Å². The first-order chi connectivity index (χ1) is 9.59. The van der Waals surface area contributed by atoms with Crippen LogP contribution in [0.3, 0.4) is 0 Å². The van der Waals surface area contributed by atoms with Crippen LogP contribution in [0.25, 0.3) is 0 Å². The van der Waals surface area contributed by atoms with Gasteiger partial charge in [-0.1, -0.05) is 26.3 Å². The third kappa shape index (κ3) is 2.29. The van der Waals surface area contributed by atoms with Crippen molar-refractivity contribution in [3.8, 4) is 0 Å². The summed E-state index contributed by atoms with van der Waals surface area (Å²) in [6, 6.07) is 4.20. The summed E-state index contributed by atoms with van der Waals surface area (Å²) in [4.78, 5) is 15.4. The number of carboxylic acids is 1. The smallest absolute Gasteiger partial charge is 0.321 e. The molecule has 1 aliphatic carbocycles. The van der Waals surface area contributed by atoms with Gasteiger partial charge >= 0.3 is 5.97 Å². The Kier molecular flexibility index (Phi) is 3.87. The maximum absolute atomic E-state index is 11.8. The van der Waals surface area contributed by atoms with Crippen molar-refractivity contribution in [2.45, 2.75) is 45.2 Å². The van der Waals surface area contributed by atoms with Crippen LogP contribution in [0.4, 0.5) is 0 Å². The summed E-state index contributed by atoms with van der Waals surface area (Å²) in [7, 11) is 0. The molecule has 0 radical (unpaired) electrons. The molecule has 0 amide bonds. The number of aliphatic carboxylic acids is 1. The van der Waals surface area contributed by atoms with E-state index < -0.39 is 5.97 Å². The van der Waals surface area contributed by atoms with Gasteiger partial charge in [0.1, 0.15) is 6.04 Å². The molecule has 2 fully saturated rings. The Morgan fingerprint density at radius 3 is 2.85 bits per heavy atom. The van der Waals surface area contributed by atoms with E-state index in [1.165, 1.54) is 17.7 Å². The van der Waals surface area contributed by atoms with Crippen molar-refractivity contribution >= 4 is 17.3 Å². The summed E-state index contributed by atoms with van der Waals surface area (Å²) in [5.41, 5.74) is 0. The second-order valence-electron chi connectivity index (χ2n) is 6.54. The zero-order valence-corrected chi connectivity index (χ0v) is 13.0. The third-order valence-corrected chi connectivity index (χ3v) is 5.95. The highest BCUT2D eigenvalue weighted by atomic mass is 32.1. The second kappa shape index (κ2) is 5.49. The molecule has 1 aliphatic heterocycles. The van der Waals surface area contributed by atoms with Crippen LogP contribution in [0.15, 0.2) is 17.5 Å². The fourth-order valence-electron chi connectivity index (χ4n) is 4.28. The minimum Gasteiger partial charge on any atom is -0.480 e. The number of hydrogen-bond donors (Lipinski definition) is 1. The monoisotopic (exact) mass is 293 g/mol. The average molecular weight is 293 g/mol. The van der Waals surface area contributed by atoms with Crippen LogP contribution in [0.2, 0.25) is 0 Å². The predicted molar refractivity (Wildman–Crippen MR) is 80.9 cm³/mol. The van der Waals surface area contributed by atoms with E-state index in [0.29, 0.717) is 17.8 Å². The molecule has 1 aromatic rings. The number of carbonyl (C=O) groups is 1. The van der Waals surface area contributed by atoms with Gasteiger partial charge in [0.05, 0.1) is 0 Å². The SMILES string of the molecule is CC(C)C(c1cccs1)N1CC2CCCC2C1C(=O)O. The first kappa shape index (κ1) is 14.1. The van der Waals surface area contributed by atoms with Gasteiger partial charge in [0, 0.05) is 17.5 Å². The lowest BCUT2D eigenvalue weighted by atomic mass is 9.93. The van der Waals surface area contributed by atoms with Crippen molar-refractivity contribution in [1.29, 1.82) is 0 Å². The van der Waals surface area contributed by atoms with Crippen LogP contribution in [-0.2, 0) is 4.79 Å². The Morgan fingerprint density at radius 2 is 2.25 bits per heavy atom. The summed E-state index contributed by atoms with van der Waals surface area (Å²) >= 11 is 1.75. The van der Waals surface area contributed by atoms with Crippen molar-refractivity contribution in [2.24, 2.45) is 17.8 Å². The molecule has 2 heterocycles. The molecule has 3 rings (SSSR count). The summed E-state index contributed by atoms with van der Waals surface area (Å²) in [6.45, 7) is 5.37. The fourth-order valence-corrected chi connectivity index (χ4v) is 5.30. The van der Waals surface area contributed by atoms with Gasteiger partial charge < -0.3 is 5.11 Å². The number of hydrogen-bond acceptors (Lipinski definition) is 3. The number of likely N-dealkylation sites (tertiary alicyclic amines) is 1. The molecule has 1 saturated carbocycles. The first-order valence-electron chi connectivity index (χ1n) is 7.61. The molecule has 0 aromatic carbocycles. The molecule has 1 aromatic heterocycles. The highest BCUT2D eigenvalue weighted by molar-refractivity contribution is 7.10. The lowest BCUT2D eigenvalue weighted by molar-refractivity contribution is -0.144. The van der Waals surface area contributed by atoms with E-state index in [2.05, 4.69) is 36.3 Å². The van der Waals surface area contributed by atoms with Crippen LogP contribution in [0.1, 0.15) is 44.0 Å². The molecule has 20 heavy (non-hydrogen) atoms. The van der Waals surface area contributed by atoms with Gasteiger partial charge in [-0.3, -0.25) is 9.69 Å². The van der Waals surface area contributed by atoms with Crippen molar-refractivity contribution in [3.05, 3.63) is 22.4 Å². The Balaban J connectivity index is 1.92. The Morgan fingerprint density at radius 1 is 1.45 bits per heavy atom. The van der Waals surface area contributed by atoms with Crippen LogP contribution in [0, 0.1) is 17.8 Å². The maximum atomic E-state index is 11.8. The average Bonchev–Trinajstić information content (AvgIpc) is 3.03. The van der Waals surface area contributed by atoms with E-state index in [0.717, 1.165) is 13.0 Å². The third-order valence-electron chi connectivity index (χ3n) is 5.00. The number of rotatable bonds is 4. The normalized spacial score (nSPS) is 31.6. The summed E-state index contributed by atoms with van der Waals surface area (Å²) in [5.74, 6) is 0.780. The van der Waals surface area contributed by atoms with Gasteiger partial charge in [-0.15, -0.1) is 11.3 Å². The second-order valence-corrected chi connectivity index (χ2v) is 7.52. The van der Waals surface area contributed by atoms with E-state index in [9.17, 15) is 9.90 Å². The van der Waals surface area contributed by atoms with Crippen LogP contribution in [0.5, 0.6) is 0 Å².